The number of benzene rings is 2. The van der Waals surface area contributed by atoms with E-state index in [1.807, 2.05) is 53.4 Å². The maximum absolute atomic E-state index is 13.2. The summed E-state index contributed by atoms with van der Waals surface area (Å²) in [5.74, 6) is 0.0149. The van der Waals surface area contributed by atoms with Crippen LogP contribution in [0.25, 0.3) is 22.4 Å². The number of hydrogen-bond acceptors (Lipinski definition) is 6. The van der Waals surface area contributed by atoms with Crippen molar-refractivity contribution in [2.75, 3.05) is 43.9 Å². The van der Waals surface area contributed by atoms with Gasteiger partial charge in [0.2, 0.25) is 0 Å². The average Bonchev–Trinajstić information content (AvgIpc) is 3.00. The monoisotopic (exact) mass is 605 g/mol. The third-order valence-electron chi connectivity index (χ3n) is 7.01. The van der Waals surface area contributed by atoms with E-state index in [1.54, 1.807) is 6.92 Å². The summed E-state index contributed by atoms with van der Waals surface area (Å²) in [6.45, 7) is 5.18. The van der Waals surface area contributed by atoms with Gasteiger partial charge in [-0.15, -0.1) is 0 Å². The van der Waals surface area contributed by atoms with Gasteiger partial charge in [-0.05, 0) is 49.4 Å². The molecule has 42 heavy (non-hydrogen) atoms. The fraction of sp³-hybridized carbons (Fsp3) is 0.233. The minimum Gasteiger partial charge on any atom is -0.336 e. The number of halogens is 2. The first-order valence-electron chi connectivity index (χ1n) is 13.4. The molecule has 1 aliphatic rings. The van der Waals surface area contributed by atoms with Crippen LogP contribution < -0.4 is 16.2 Å². The van der Waals surface area contributed by atoms with E-state index >= 15 is 0 Å². The molecule has 0 atom stereocenters. The molecular formula is C30H29Cl2N7O3. The molecule has 1 aliphatic heterocycles. The number of piperazine rings is 1. The van der Waals surface area contributed by atoms with Crippen molar-refractivity contribution in [2.45, 2.75) is 13.5 Å². The number of nitrogens with zero attached hydrogens (tertiary/aromatic N) is 5. The van der Waals surface area contributed by atoms with Crippen LogP contribution >= 0.6 is 23.2 Å². The van der Waals surface area contributed by atoms with Crippen LogP contribution in [0.2, 0.25) is 10.0 Å². The molecular weight excluding hydrogens is 577 g/mol. The summed E-state index contributed by atoms with van der Waals surface area (Å²) in [4.78, 5) is 46.9. The molecule has 3 amide bonds. The van der Waals surface area contributed by atoms with E-state index in [4.69, 9.17) is 23.2 Å². The molecule has 0 spiro atoms. The lowest BCUT2D eigenvalue weighted by Gasteiger charge is -2.32. The van der Waals surface area contributed by atoms with Gasteiger partial charge in [0, 0.05) is 56.2 Å². The van der Waals surface area contributed by atoms with E-state index in [-0.39, 0.29) is 27.3 Å². The number of anilines is 2. The van der Waals surface area contributed by atoms with Crippen molar-refractivity contribution >= 4 is 46.5 Å². The molecule has 0 bridgehead atoms. The van der Waals surface area contributed by atoms with Crippen molar-refractivity contribution in [3.8, 4) is 22.4 Å². The highest BCUT2D eigenvalue weighted by Crippen LogP contribution is 2.29. The lowest BCUT2D eigenvalue weighted by atomic mass is 9.99. The lowest BCUT2D eigenvalue weighted by molar-refractivity contribution is 0.0664. The minimum atomic E-state index is -0.697. The van der Waals surface area contributed by atoms with Gasteiger partial charge in [0.1, 0.15) is 5.69 Å². The topological polar surface area (TPSA) is 112 Å². The Kier molecular flexibility index (Phi) is 8.86. The second-order valence-corrected chi connectivity index (χ2v) is 10.7. The molecule has 0 saturated carbocycles. The first-order valence-corrected chi connectivity index (χ1v) is 14.2. The van der Waals surface area contributed by atoms with Crippen molar-refractivity contribution in [1.29, 1.82) is 0 Å². The molecule has 2 aromatic heterocycles. The number of rotatable bonds is 6. The number of aromatic nitrogens is 3. The summed E-state index contributed by atoms with van der Waals surface area (Å²) in [5.41, 5.74) is 3.35. The van der Waals surface area contributed by atoms with E-state index in [9.17, 15) is 14.4 Å². The van der Waals surface area contributed by atoms with E-state index in [0.717, 1.165) is 29.8 Å². The Morgan fingerprint density at radius 1 is 0.881 bits per heavy atom. The maximum Gasteiger partial charge on any atom is 0.323 e. The summed E-state index contributed by atoms with van der Waals surface area (Å²) >= 11 is 12.2. The third-order valence-corrected chi connectivity index (χ3v) is 7.58. The molecule has 1 fully saturated rings. The minimum absolute atomic E-state index is 0.0149. The van der Waals surface area contributed by atoms with E-state index in [2.05, 4.69) is 32.7 Å². The number of nitrogens with one attached hydrogen (secondary N) is 2. The van der Waals surface area contributed by atoms with E-state index in [0.29, 0.717) is 30.9 Å². The number of urea groups is 1. The normalized spacial score (nSPS) is 13.6. The second-order valence-electron chi connectivity index (χ2n) is 9.88. The maximum atomic E-state index is 13.2. The zero-order chi connectivity index (χ0) is 29.8. The predicted molar refractivity (Wildman–Crippen MR) is 165 cm³/mol. The van der Waals surface area contributed by atoms with Crippen molar-refractivity contribution in [3.63, 3.8) is 0 Å². The van der Waals surface area contributed by atoms with Crippen LogP contribution in [0.1, 0.15) is 17.3 Å². The van der Waals surface area contributed by atoms with E-state index in [1.165, 1.54) is 23.1 Å². The zero-order valence-corrected chi connectivity index (χ0v) is 24.6. The summed E-state index contributed by atoms with van der Waals surface area (Å²) in [6.07, 6.45) is 2.70. The Morgan fingerprint density at radius 3 is 2.21 bits per heavy atom. The summed E-state index contributed by atoms with van der Waals surface area (Å²) < 4.78 is 1.28. The van der Waals surface area contributed by atoms with Gasteiger partial charge >= 0.3 is 6.03 Å². The van der Waals surface area contributed by atoms with Crippen molar-refractivity contribution in [1.82, 2.24) is 24.6 Å². The number of carbonyl (C=O) groups excluding carboxylic acids is 2. The molecule has 0 radical (unpaired) electrons. The molecule has 2 aromatic carbocycles. The summed E-state index contributed by atoms with van der Waals surface area (Å²) in [6, 6.07) is 16.0. The summed E-state index contributed by atoms with van der Waals surface area (Å²) in [7, 11) is 2.05. The van der Waals surface area contributed by atoms with Crippen molar-refractivity contribution in [3.05, 3.63) is 93.0 Å². The largest absolute Gasteiger partial charge is 0.336 e. The van der Waals surface area contributed by atoms with Crippen LogP contribution in [-0.4, -0.2) is 69.7 Å². The predicted octanol–water partition coefficient (Wildman–Crippen LogP) is 5.33. The third kappa shape index (κ3) is 6.46. The van der Waals surface area contributed by atoms with Gasteiger partial charge in [-0.25, -0.2) is 9.48 Å². The standard InChI is InChI=1S/C30H29Cl2N7O3/c1-3-39-29(41)26(34-30(42)35-27-23(31)17-33-18-24(27)32)16-25(36-39)21-8-4-6-19(14-21)20-7-5-9-22(15-20)28(40)38-12-10-37(2)11-13-38/h4-9,14-18H,3,10-13H2,1-2H3,(H2,33,34,35,42). The van der Waals surface area contributed by atoms with Gasteiger partial charge in [0.05, 0.1) is 21.4 Å². The molecule has 216 valence electrons. The number of carbonyl (C=O) groups is 2. The fourth-order valence-corrected chi connectivity index (χ4v) is 5.13. The second kappa shape index (κ2) is 12.7. The number of likely N-dealkylation sites (N-methyl/N-ethyl adjacent to an activating group) is 1. The molecule has 2 N–H and O–H groups in total. The van der Waals surface area contributed by atoms with Crippen LogP contribution in [0.3, 0.4) is 0 Å². The molecule has 10 nitrogen and oxygen atoms in total. The molecule has 12 heteroatoms. The number of pyridine rings is 1. The smallest absolute Gasteiger partial charge is 0.323 e. The first-order chi connectivity index (χ1) is 20.2. The molecule has 3 heterocycles. The SMILES string of the molecule is CCn1nc(-c2cccc(-c3cccc(C(=O)N4CCN(C)CC4)c3)c2)cc(NC(=O)Nc2c(Cl)cncc2Cl)c1=O. The molecule has 0 aliphatic carbocycles. The van der Waals surface area contributed by atoms with Crippen LogP contribution in [-0.2, 0) is 6.54 Å². The highest BCUT2D eigenvalue weighted by Gasteiger charge is 2.21. The first kappa shape index (κ1) is 29.2. The van der Waals surface area contributed by atoms with Gasteiger partial charge < -0.3 is 20.4 Å². The molecule has 4 aromatic rings. The Balaban J connectivity index is 1.41. The number of hydrogen-bond donors (Lipinski definition) is 2. The van der Waals surface area contributed by atoms with Crippen molar-refractivity contribution < 1.29 is 9.59 Å². The number of aryl methyl sites for hydroxylation is 1. The van der Waals surface area contributed by atoms with Gasteiger partial charge in [0.25, 0.3) is 11.5 Å². The fourth-order valence-electron chi connectivity index (χ4n) is 4.67. The van der Waals surface area contributed by atoms with Crippen LogP contribution in [0.5, 0.6) is 0 Å². The van der Waals surface area contributed by atoms with Crippen LogP contribution in [0.15, 0.2) is 71.8 Å². The van der Waals surface area contributed by atoms with E-state index < -0.39 is 11.6 Å². The zero-order valence-electron chi connectivity index (χ0n) is 23.1. The lowest BCUT2D eigenvalue weighted by Crippen LogP contribution is -2.47. The molecule has 0 unspecified atom stereocenters. The highest BCUT2D eigenvalue weighted by atomic mass is 35.5. The average molecular weight is 607 g/mol. The quantitative estimate of drug-likeness (QED) is 0.307. The van der Waals surface area contributed by atoms with Gasteiger partial charge in [-0.3, -0.25) is 14.6 Å². The molecule has 5 rings (SSSR count). The van der Waals surface area contributed by atoms with Gasteiger partial charge in [-0.1, -0.05) is 53.5 Å². The van der Waals surface area contributed by atoms with Gasteiger partial charge in [-0.2, -0.15) is 5.10 Å². The Morgan fingerprint density at radius 2 is 1.52 bits per heavy atom. The van der Waals surface area contributed by atoms with Crippen LogP contribution in [0.4, 0.5) is 16.2 Å². The Labute approximate surface area is 252 Å². The van der Waals surface area contributed by atoms with Gasteiger partial charge in [0.15, 0.2) is 0 Å². The Hall–Kier alpha value is -4.25. The number of amides is 3. The summed E-state index contributed by atoms with van der Waals surface area (Å²) in [5, 5.41) is 9.98. The van der Waals surface area contributed by atoms with Crippen LogP contribution in [0, 0.1) is 0 Å². The molecule has 1 saturated heterocycles. The highest BCUT2D eigenvalue weighted by molar-refractivity contribution is 6.39. The van der Waals surface area contributed by atoms with Crippen molar-refractivity contribution in [2.24, 2.45) is 0 Å². The Bertz CT molecular complexity index is 1680.